The van der Waals surface area contributed by atoms with Crippen molar-refractivity contribution < 1.29 is 13.2 Å². The van der Waals surface area contributed by atoms with Crippen LogP contribution in [0.4, 0.5) is 5.69 Å². The van der Waals surface area contributed by atoms with Crippen molar-refractivity contribution in [1.29, 1.82) is 5.26 Å². The van der Waals surface area contributed by atoms with Crippen LogP contribution in [-0.2, 0) is 16.6 Å². The maximum Gasteiger partial charge on any atom is 0.235 e. The van der Waals surface area contributed by atoms with E-state index in [1.807, 2.05) is 26.0 Å². The Kier molecular flexibility index (Phi) is 4.74. The second-order valence-electron chi connectivity index (χ2n) is 7.23. The van der Waals surface area contributed by atoms with E-state index in [4.69, 9.17) is 10.5 Å². The third kappa shape index (κ3) is 3.13. The molecule has 1 aromatic carbocycles. The Morgan fingerprint density at radius 2 is 2.03 bits per heavy atom. The zero-order valence-electron chi connectivity index (χ0n) is 16.4. The fraction of sp³-hybridized carbons (Fsp3) is 0.400. The summed E-state index contributed by atoms with van der Waals surface area (Å²) in [4.78, 5) is 0. The highest BCUT2D eigenvalue weighted by molar-refractivity contribution is 7.92. The van der Waals surface area contributed by atoms with Gasteiger partial charge in [0, 0.05) is 13.1 Å². The predicted molar refractivity (Wildman–Crippen MR) is 109 cm³/mol. The zero-order valence-corrected chi connectivity index (χ0v) is 17.2. The van der Waals surface area contributed by atoms with Crippen molar-refractivity contribution in [3.63, 3.8) is 0 Å². The van der Waals surface area contributed by atoms with Gasteiger partial charge in [-0.25, -0.2) is 13.1 Å². The highest BCUT2D eigenvalue weighted by Gasteiger charge is 2.35. The summed E-state index contributed by atoms with van der Waals surface area (Å²) < 4.78 is 33.7. The summed E-state index contributed by atoms with van der Waals surface area (Å²) in [5.41, 5.74) is 9.45. The summed E-state index contributed by atoms with van der Waals surface area (Å²) in [6, 6.07) is 9.46. The number of allylic oxidation sites excluding steroid dienone is 1. The second kappa shape index (κ2) is 7.12. The second-order valence-corrected chi connectivity index (χ2v) is 9.24. The number of nitriles is 1. The number of fused-ring (bicyclic) bond motifs is 1. The molecule has 3 heterocycles. The number of ether oxygens (including phenoxy) is 1. The summed E-state index contributed by atoms with van der Waals surface area (Å²) in [7, 11) is -3.28. The Labute approximate surface area is 170 Å². The van der Waals surface area contributed by atoms with Crippen LogP contribution in [0.25, 0.3) is 0 Å². The Hall–Kier alpha value is -2.99. The van der Waals surface area contributed by atoms with Gasteiger partial charge in [0.05, 0.1) is 28.6 Å². The van der Waals surface area contributed by atoms with Gasteiger partial charge in [0.2, 0.25) is 21.8 Å². The molecule has 0 bridgehead atoms. The number of nitrogens with zero attached hydrogens (tertiary/aromatic N) is 4. The number of sulfonamides is 1. The summed E-state index contributed by atoms with van der Waals surface area (Å²) in [6.45, 7) is 4.94. The van der Waals surface area contributed by atoms with E-state index < -0.39 is 15.9 Å². The maximum atomic E-state index is 12.4. The third-order valence-corrected chi connectivity index (χ3v) is 7.33. The molecule has 0 aliphatic carbocycles. The van der Waals surface area contributed by atoms with Crippen molar-refractivity contribution in [3.05, 3.63) is 52.5 Å². The molecule has 152 valence electrons. The summed E-state index contributed by atoms with van der Waals surface area (Å²) >= 11 is 0. The highest BCUT2D eigenvalue weighted by Crippen LogP contribution is 2.44. The molecule has 2 N–H and O–H groups in total. The number of hydrogen-bond donors (Lipinski definition) is 1. The first kappa shape index (κ1) is 19.3. The Morgan fingerprint density at radius 3 is 2.66 bits per heavy atom. The van der Waals surface area contributed by atoms with E-state index in [1.165, 1.54) is 4.31 Å². The van der Waals surface area contributed by atoms with Crippen LogP contribution in [0, 0.1) is 18.3 Å². The van der Waals surface area contributed by atoms with E-state index in [-0.39, 0.29) is 11.6 Å². The smallest absolute Gasteiger partial charge is 0.235 e. The molecule has 1 fully saturated rings. The number of aryl methyl sites for hydroxylation is 2. The van der Waals surface area contributed by atoms with Gasteiger partial charge in [-0.05, 0) is 44.4 Å². The zero-order chi connectivity index (χ0) is 20.8. The molecule has 29 heavy (non-hydrogen) atoms. The van der Waals surface area contributed by atoms with Crippen LogP contribution in [0.2, 0.25) is 0 Å². The Bertz CT molecular complexity index is 1130. The van der Waals surface area contributed by atoms with Crippen LogP contribution in [0.15, 0.2) is 35.7 Å². The van der Waals surface area contributed by atoms with Gasteiger partial charge in [-0.15, -0.1) is 0 Å². The van der Waals surface area contributed by atoms with Gasteiger partial charge < -0.3 is 10.5 Å². The normalized spacial score (nSPS) is 20.7. The minimum Gasteiger partial charge on any atom is -0.422 e. The van der Waals surface area contributed by atoms with Gasteiger partial charge in [-0.1, -0.05) is 12.1 Å². The van der Waals surface area contributed by atoms with E-state index in [2.05, 4.69) is 11.2 Å². The summed E-state index contributed by atoms with van der Waals surface area (Å²) in [5.74, 6) is 0.387. The lowest BCUT2D eigenvalue weighted by Gasteiger charge is -2.29. The molecule has 1 aromatic heterocycles. The van der Waals surface area contributed by atoms with Crippen LogP contribution in [-0.4, -0.2) is 30.5 Å². The lowest BCUT2D eigenvalue weighted by Crippen LogP contribution is -2.37. The van der Waals surface area contributed by atoms with Crippen molar-refractivity contribution in [2.75, 3.05) is 16.6 Å². The van der Waals surface area contributed by atoms with Gasteiger partial charge in [0.25, 0.3) is 0 Å². The molecule has 1 saturated heterocycles. The number of benzene rings is 1. The largest absolute Gasteiger partial charge is 0.422 e. The van der Waals surface area contributed by atoms with Crippen molar-refractivity contribution in [2.24, 2.45) is 5.73 Å². The van der Waals surface area contributed by atoms with Crippen LogP contribution < -0.4 is 14.8 Å². The number of aromatic nitrogens is 2. The van der Waals surface area contributed by atoms with E-state index >= 15 is 0 Å². The molecule has 2 aromatic rings. The van der Waals surface area contributed by atoms with Gasteiger partial charge in [0.1, 0.15) is 11.6 Å². The first-order valence-electron chi connectivity index (χ1n) is 9.62. The average Bonchev–Trinajstić information content (AvgIpc) is 3.02. The number of rotatable bonds is 3. The molecule has 0 amide bonds. The molecule has 2 aliphatic rings. The fourth-order valence-electron chi connectivity index (χ4n) is 4.04. The van der Waals surface area contributed by atoms with Crippen LogP contribution in [0.5, 0.6) is 5.88 Å². The molecule has 4 rings (SSSR count). The molecule has 0 radical (unpaired) electrons. The minimum absolute atomic E-state index is 0.0716. The van der Waals surface area contributed by atoms with Crippen LogP contribution in [0.3, 0.4) is 0 Å². The maximum absolute atomic E-state index is 12.4. The first-order chi connectivity index (χ1) is 13.9. The standard InChI is InChI=1S/C20H23N5O3S/c1-3-24-20-17(13(2)23-24)18(16(12-21)19(22)28-20)14-6-8-15(9-7-14)25-10-4-5-11-29(25,26)27/h6-9,18H,3-5,10-11,22H2,1-2H3. The van der Waals surface area contributed by atoms with Crippen molar-refractivity contribution >= 4 is 15.7 Å². The fourth-order valence-corrected chi connectivity index (χ4v) is 5.68. The molecule has 1 unspecified atom stereocenters. The van der Waals surface area contributed by atoms with Crippen molar-refractivity contribution in [2.45, 2.75) is 39.2 Å². The van der Waals surface area contributed by atoms with Crippen LogP contribution in [0.1, 0.15) is 42.5 Å². The van der Waals surface area contributed by atoms with Gasteiger partial charge in [0.15, 0.2) is 0 Å². The summed E-state index contributed by atoms with van der Waals surface area (Å²) in [5, 5.41) is 14.2. The molecule has 0 spiro atoms. The van der Waals surface area contributed by atoms with E-state index in [0.717, 1.165) is 23.2 Å². The third-order valence-electron chi connectivity index (χ3n) is 5.46. The number of anilines is 1. The Balaban J connectivity index is 1.78. The quantitative estimate of drug-likeness (QED) is 0.826. The average molecular weight is 414 g/mol. The molecule has 2 aliphatic heterocycles. The van der Waals surface area contributed by atoms with Crippen molar-refractivity contribution in [3.8, 4) is 11.9 Å². The summed E-state index contributed by atoms with van der Waals surface area (Å²) in [6.07, 6.45) is 1.54. The van der Waals surface area contributed by atoms with E-state index in [9.17, 15) is 13.7 Å². The first-order valence-corrected chi connectivity index (χ1v) is 11.2. The molecule has 0 saturated carbocycles. The van der Waals surface area contributed by atoms with Gasteiger partial charge >= 0.3 is 0 Å². The Morgan fingerprint density at radius 1 is 1.31 bits per heavy atom. The highest BCUT2D eigenvalue weighted by atomic mass is 32.2. The van der Waals surface area contributed by atoms with Crippen LogP contribution >= 0.6 is 0 Å². The topological polar surface area (TPSA) is 114 Å². The molecule has 8 nitrogen and oxygen atoms in total. The number of nitrogens with two attached hydrogens (primary N) is 1. The van der Waals surface area contributed by atoms with E-state index in [1.54, 1.807) is 16.8 Å². The lowest BCUT2D eigenvalue weighted by molar-refractivity contribution is 0.350. The lowest BCUT2D eigenvalue weighted by atomic mass is 9.84. The monoisotopic (exact) mass is 413 g/mol. The van der Waals surface area contributed by atoms with Gasteiger partial charge in [-0.3, -0.25) is 4.31 Å². The molecule has 1 atom stereocenters. The van der Waals surface area contributed by atoms with Crippen molar-refractivity contribution in [1.82, 2.24) is 9.78 Å². The minimum atomic E-state index is -3.28. The predicted octanol–water partition coefficient (Wildman–Crippen LogP) is 2.36. The number of hydrogen-bond acceptors (Lipinski definition) is 6. The molecular weight excluding hydrogens is 390 g/mol. The van der Waals surface area contributed by atoms with E-state index in [0.29, 0.717) is 36.7 Å². The molecular formula is C20H23N5O3S. The SMILES string of the molecule is CCn1nc(C)c2c1OC(N)=C(C#N)C2c1ccc(N2CCCCS2(=O)=O)cc1. The van der Waals surface area contributed by atoms with Gasteiger partial charge in [-0.2, -0.15) is 10.4 Å². The molecule has 9 heteroatoms.